The molecule has 0 bridgehead atoms. The molecule has 5 heterocycles. The van der Waals surface area contributed by atoms with E-state index in [1.165, 1.54) is 0 Å². The lowest BCUT2D eigenvalue weighted by atomic mass is 10.0. The third-order valence-corrected chi connectivity index (χ3v) is 10.5. The highest BCUT2D eigenvalue weighted by Crippen LogP contribution is 2.32. The molecule has 6 aromatic carbocycles. The fourth-order valence-corrected chi connectivity index (χ4v) is 7.53. The van der Waals surface area contributed by atoms with Crippen molar-refractivity contribution >= 4 is 43.6 Å². The summed E-state index contributed by atoms with van der Waals surface area (Å²) in [6.45, 7) is 0. The van der Waals surface area contributed by atoms with E-state index in [-0.39, 0.29) is 0 Å². The van der Waals surface area contributed by atoms with E-state index in [4.69, 9.17) is 29.9 Å². The third kappa shape index (κ3) is 6.17. The van der Waals surface area contributed by atoms with Gasteiger partial charge in [-0.15, -0.1) is 0 Å². The second kappa shape index (κ2) is 13.9. The highest BCUT2D eigenvalue weighted by atomic mass is 15.0. The van der Waals surface area contributed by atoms with Crippen LogP contribution in [0.2, 0.25) is 0 Å². The van der Waals surface area contributed by atoms with Crippen molar-refractivity contribution in [1.29, 1.82) is 0 Å². The van der Waals surface area contributed by atoms with Gasteiger partial charge in [-0.05, 0) is 59.7 Å². The largest absolute Gasteiger partial charge is 0.254 e. The minimum Gasteiger partial charge on any atom is -0.254 e. The zero-order valence-electron chi connectivity index (χ0n) is 31.0. The maximum Gasteiger partial charge on any atom is 0.164 e. The first-order chi connectivity index (χ1) is 28.7. The predicted molar refractivity (Wildman–Crippen MR) is 234 cm³/mol. The summed E-state index contributed by atoms with van der Waals surface area (Å²) < 4.78 is 0. The normalized spacial score (nSPS) is 11.4. The Hall–Kier alpha value is -8.03. The molecule has 0 saturated heterocycles. The smallest absolute Gasteiger partial charge is 0.164 e. The molecule has 0 amide bonds. The number of aromatic nitrogens is 7. The summed E-state index contributed by atoms with van der Waals surface area (Å²) in [4.78, 5) is 34.6. The van der Waals surface area contributed by atoms with Crippen LogP contribution in [-0.4, -0.2) is 34.9 Å². The van der Waals surface area contributed by atoms with Crippen molar-refractivity contribution in [2.45, 2.75) is 0 Å². The highest BCUT2D eigenvalue weighted by molar-refractivity contribution is 6.03. The lowest BCUT2D eigenvalue weighted by Crippen LogP contribution is -2.00. The molecule has 5 aromatic heterocycles. The summed E-state index contributed by atoms with van der Waals surface area (Å²) in [6.07, 6.45) is 1.81. The molecule has 0 spiro atoms. The molecule has 11 aromatic rings. The average Bonchev–Trinajstić information content (AvgIpc) is 3.31. The molecule has 7 heteroatoms. The van der Waals surface area contributed by atoms with Gasteiger partial charge in [0.25, 0.3) is 0 Å². The van der Waals surface area contributed by atoms with Crippen LogP contribution in [-0.2, 0) is 0 Å². The van der Waals surface area contributed by atoms with Crippen molar-refractivity contribution in [3.05, 3.63) is 188 Å². The summed E-state index contributed by atoms with van der Waals surface area (Å²) in [6, 6.07) is 61.8. The second-order valence-electron chi connectivity index (χ2n) is 14.2. The zero-order chi connectivity index (χ0) is 38.4. The topological polar surface area (TPSA) is 90.2 Å². The molecule has 0 saturated carbocycles. The molecule has 0 aliphatic carbocycles. The van der Waals surface area contributed by atoms with Crippen LogP contribution in [0, 0.1) is 0 Å². The van der Waals surface area contributed by atoms with Gasteiger partial charge in [0.2, 0.25) is 0 Å². The van der Waals surface area contributed by atoms with E-state index < -0.39 is 0 Å². The standard InChI is InChI=1S/C51H31N7/c1-3-9-35(10-4-1)49-56-50(36-11-5-2-6-12-36)58-51(57-49)41-14-7-13-39(30-41)42-25-23-40-29-37(22-24-43(40)53-42)38-19-16-32-20-26-44(54-46(32)31-38)45-27-21-34-18-17-33-15-8-28-52-47(33)48(34)55-45/h1-31H. The summed E-state index contributed by atoms with van der Waals surface area (Å²) in [7, 11) is 0. The predicted octanol–water partition coefficient (Wildman–Crippen LogP) is 12.1. The van der Waals surface area contributed by atoms with E-state index >= 15 is 0 Å². The van der Waals surface area contributed by atoms with Crippen LogP contribution < -0.4 is 0 Å². The number of benzene rings is 6. The van der Waals surface area contributed by atoms with Gasteiger partial charge in [-0.25, -0.2) is 29.9 Å². The van der Waals surface area contributed by atoms with E-state index in [1.54, 1.807) is 0 Å². The van der Waals surface area contributed by atoms with Crippen LogP contribution >= 0.6 is 0 Å². The summed E-state index contributed by atoms with van der Waals surface area (Å²) in [5, 5.41) is 4.25. The lowest BCUT2D eigenvalue weighted by Gasteiger charge is -2.10. The molecule has 11 rings (SSSR count). The molecule has 0 aliphatic rings. The first-order valence-corrected chi connectivity index (χ1v) is 19.1. The number of nitrogens with zero attached hydrogens (tertiary/aromatic N) is 7. The molecular weight excluding hydrogens is 711 g/mol. The fraction of sp³-hybridized carbons (Fsp3) is 0. The van der Waals surface area contributed by atoms with Crippen molar-refractivity contribution < 1.29 is 0 Å². The number of hydrogen-bond donors (Lipinski definition) is 0. The van der Waals surface area contributed by atoms with Crippen LogP contribution in [0.25, 0.3) is 112 Å². The molecule has 58 heavy (non-hydrogen) atoms. The van der Waals surface area contributed by atoms with Crippen LogP contribution in [0.4, 0.5) is 0 Å². The third-order valence-electron chi connectivity index (χ3n) is 10.5. The second-order valence-corrected chi connectivity index (χ2v) is 14.2. The van der Waals surface area contributed by atoms with E-state index in [9.17, 15) is 0 Å². The van der Waals surface area contributed by atoms with Crippen molar-refractivity contribution in [2.75, 3.05) is 0 Å². The molecular formula is C51H31N7. The highest BCUT2D eigenvalue weighted by Gasteiger charge is 2.14. The summed E-state index contributed by atoms with van der Waals surface area (Å²) in [5.41, 5.74) is 12.0. The van der Waals surface area contributed by atoms with Gasteiger partial charge < -0.3 is 0 Å². The minimum atomic E-state index is 0.608. The average molecular weight is 742 g/mol. The molecule has 0 aliphatic heterocycles. The van der Waals surface area contributed by atoms with Gasteiger partial charge in [0.1, 0.15) is 0 Å². The number of fused-ring (bicyclic) bond motifs is 5. The Labute approximate surface area is 333 Å². The lowest BCUT2D eigenvalue weighted by molar-refractivity contribution is 1.07. The molecule has 0 unspecified atom stereocenters. The Morgan fingerprint density at radius 2 is 0.810 bits per heavy atom. The molecule has 0 atom stereocenters. The fourth-order valence-electron chi connectivity index (χ4n) is 7.53. The van der Waals surface area contributed by atoms with Crippen molar-refractivity contribution in [2.24, 2.45) is 0 Å². The van der Waals surface area contributed by atoms with E-state index in [1.807, 2.05) is 97.2 Å². The van der Waals surface area contributed by atoms with Crippen molar-refractivity contribution in [1.82, 2.24) is 34.9 Å². The molecule has 7 nitrogen and oxygen atoms in total. The van der Waals surface area contributed by atoms with Crippen LogP contribution in [0.1, 0.15) is 0 Å². The molecule has 0 N–H and O–H groups in total. The Morgan fingerprint density at radius 3 is 1.59 bits per heavy atom. The van der Waals surface area contributed by atoms with E-state index in [0.29, 0.717) is 17.5 Å². The maximum atomic E-state index is 5.10. The van der Waals surface area contributed by atoms with Crippen LogP contribution in [0.5, 0.6) is 0 Å². The van der Waals surface area contributed by atoms with Crippen molar-refractivity contribution in [3.8, 4) is 67.9 Å². The monoisotopic (exact) mass is 741 g/mol. The van der Waals surface area contributed by atoms with E-state index in [0.717, 1.165) is 94.1 Å². The molecule has 270 valence electrons. The van der Waals surface area contributed by atoms with Gasteiger partial charge in [-0.2, -0.15) is 0 Å². The zero-order valence-corrected chi connectivity index (χ0v) is 31.0. The van der Waals surface area contributed by atoms with Crippen LogP contribution in [0.15, 0.2) is 188 Å². The van der Waals surface area contributed by atoms with Gasteiger partial charge in [-0.3, -0.25) is 4.98 Å². The number of hydrogen-bond acceptors (Lipinski definition) is 7. The SMILES string of the molecule is c1ccc(-c2nc(-c3ccccc3)nc(-c3cccc(-c4ccc5cc(-c6ccc7ccc(-c8ccc9ccc%10cccnc%10c9n8)nc7c6)ccc5n4)c3)n2)cc1. The molecule has 0 radical (unpaired) electrons. The summed E-state index contributed by atoms with van der Waals surface area (Å²) >= 11 is 0. The van der Waals surface area contributed by atoms with Gasteiger partial charge in [0.05, 0.1) is 39.1 Å². The van der Waals surface area contributed by atoms with Crippen LogP contribution in [0.3, 0.4) is 0 Å². The van der Waals surface area contributed by atoms with Gasteiger partial charge in [0.15, 0.2) is 17.5 Å². The first-order valence-electron chi connectivity index (χ1n) is 19.1. The summed E-state index contributed by atoms with van der Waals surface area (Å²) in [5.74, 6) is 1.87. The molecule has 0 fully saturated rings. The van der Waals surface area contributed by atoms with E-state index in [2.05, 4.69) is 96.0 Å². The Bertz CT molecular complexity index is 3290. The van der Waals surface area contributed by atoms with Gasteiger partial charge in [0, 0.05) is 50.0 Å². The Morgan fingerprint density at radius 1 is 0.259 bits per heavy atom. The van der Waals surface area contributed by atoms with Gasteiger partial charge >= 0.3 is 0 Å². The first kappa shape index (κ1) is 33.3. The Kier molecular flexibility index (Phi) is 8.00. The number of pyridine rings is 4. The minimum absolute atomic E-state index is 0.608. The quantitative estimate of drug-likeness (QED) is 0.157. The number of rotatable bonds is 6. The maximum absolute atomic E-state index is 5.10. The van der Waals surface area contributed by atoms with Crippen molar-refractivity contribution in [3.63, 3.8) is 0 Å². The van der Waals surface area contributed by atoms with Gasteiger partial charge in [-0.1, -0.05) is 133 Å². The Balaban J connectivity index is 0.910.